The Hall–Kier alpha value is -1.23. The van der Waals surface area contributed by atoms with Gasteiger partial charge in [-0.15, -0.1) is 6.58 Å². The summed E-state index contributed by atoms with van der Waals surface area (Å²) >= 11 is 2.94. The Bertz CT molecular complexity index is 397. The third-order valence-corrected chi connectivity index (χ3v) is 2.33. The summed E-state index contributed by atoms with van der Waals surface area (Å²) in [5.74, 6) is -2.53. The number of hydrogen-bond donors (Lipinski definition) is 1. The fourth-order valence-corrected chi connectivity index (χ4v) is 1.54. The number of carbonyl (C=O) groups is 1. The first-order valence-corrected chi connectivity index (χ1v) is 5.39. The van der Waals surface area contributed by atoms with Gasteiger partial charge in [0.2, 0.25) is 0 Å². The highest BCUT2D eigenvalue weighted by Crippen LogP contribution is 2.19. The van der Waals surface area contributed by atoms with Crippen LogP contribution in [-0.4, -0.2) is 12.5 Å². The van der Waals surface area contributed by atoms with Crippen molar-refractivity contribution in [2.75, 3.05) is 6.54 Å². The van der Waals surface area contributed by atoms with E-state index in [1.54, 1.807) is 6.08 Å². The lowest BCUT2D eigenvalue weighted by Gasteiger charge is -2.06. The molecule has 1 N–H and O–H groups in total. The molecule has 0 fully saturated rings. The Balaban J connectivity index is 2.86. The van der Waals surface area contributed by atoms with Gasteiger partial charge in [-0.1, -0.05) is 22.0 Å². The van der Waals surface area contributed by atoms with Gasteiger partial charge in [0, 0.05) is 11.0 Å². The summed E-state index contributed by atoms with van der Waals surface area (Å²) in [6.45, 7) is 3.77. The predicted octanol–water partition coefficient (Wildman–Crippen LogP) is 3.03. The van der Waals surface area contributed by atoms with E-state index >= 15 is 0 Å². The molecule has 16 heavy (non-hydrogen) atoms. The molecule has 0 aliphatic heterocycles. The molecule has 5 heteroatoms. The molecule has 0 unspecified atom stereocenters. The number of rotatable bonds is 4. The summed E-state index contributed by atoms with van der Waals surface area (Å²) in [7, 11) is 0. The van der Waals surface area contributed by atoms with E-state index in [9.17, 15) is 13.6 Å². The van der Waals surface area contributed by atoms with Crippen LogP contribution in [0.4, 0.5) is 8.78 Å². The SMILES string of the molecule is C=CCCNC(=O)c1c(F)cc(Br)cc1F. The Morgan fingerprint density at radius 3 is 2.50 bits per heavy atom. The van der Waals surface area contributed by atoms with Crippen LogP contribution in [0.2, 0.25) is 0 Å². The van der Waals surface area contributed by atoms with Crippen LogP contribution in [-0.2, 0) is 0 Å². The molecule has 0 atom stereocenters. The Morgan fingerprint density at radius 2 is 2.00 bits per heavy atom. The van der Waals surface area contributed by atoms with E-state index in [-0.39, 0.29) is 4.47 Å². The fourth-order valence-electron chi connectivity index (χ4n) is 1.14. The van der Waals surface area contributed by atoms with Gasteiger partial charge in [-0.3, -0.25) is 4.79 Å². The zero-order chi connectivity index (χ0) is 12.1. The first-order chi connectivity index (χ1) is 7.56. The van der Waals surface area contributed by atoms with Gasteiger partial charge < -0.3 is 5.32 Å². The topological polar surface area (TPSA) is 29.1 Å². The van der Waals surface area contributed by atoms with Crippen molar-refractivity contribution in [3.05, 3.63) is 46.5 Å². The Labute approximate surface area is 100 Å². The quantitative estimate of drug-likeness (QED) is 0.670. The maximum atomic E-state index is 13.3. The van der Waals surface area contributed by atoms with E-state index in [2.05, 4.69) is 27.8 Å². The normalized spacial score (nSPS) is 9.94. The summed E-state index contributed by atoms with van der Waals surface area (Å²) in [6, 6.07) is 2.09. The summed E-state index contributed by atoms with van der Waals surface area (Å²) < 4.78 is 26.9. The Kier molecular flexibility index (Phi) is 4.61. The van der Waals surface area contributed by atoms with Gasteiger partial charge in [-0.05, 0) is 18.6 Å². The molecule has 2 nitrogen and oxygen atoms in total. The van der Waals surface area contributed by atoms with Crippen molar-refractivity contribution in [2.24, 2.45) is 0 Å². The highest BCUT2D eigenvalue weighted by molar-refractivity contribution is 9.10. The molecule has 0 spiro atoms. The van der Waals surface area contributed by atoms with Crippen molar-refractivity contribution >= 4 is 21.8 Å². The molecular weight excluding hydrogens is 280 g/mol. The maximum absolute atomic E-state index is 13.3. The van der Waals surface area contributed by atoms with E-state index in [1.165, 1.54) is 0 Å². The molecule has 1 aromatic carbocycles. The molecule has 0 saturated heterocycles. The van der Waals surface area contributed by atoms with Gasteiger partial charge in [0.15, 0.2) is 0 Å². The summed E-state index contributed by atoms with van der Waals surface area (Å²) in [5.41, 5.74) is -0.563. The van der Waals surface area contributed by atoms with Gasteiger partial charge in [-0.25, -0.2) is 8.78 Å². The van der Waals surface area contributed by atoms with E-state index in [1.807, 2.05) is 0 Å². The van der Waals surface area contributed by atoms with E-state index in [4.69, 9.17) is 0 Å². The molecule has 0 saturated carbocycles. The zero-order valence-corrected chi connectivity index (χ0v) is 9.98. The third kappa shape index (κ3) is 3.13. The Morgan fingerprint density at radius 1 is 1.44 bits per heavy atom. The van der Waals surface area contributed by atoms with Crippen molar-refractivity contribution in [3.63, 3.8) is 0 Å². The lowest BCUT2D eigenvalue weighted by molar-refractivity contribution is 0.0946. The third-order valence-electron chi connectivity index (χ3n) is 1.87. The number of amides is 1. The number of carbonyl (C=O) groups excluding carboxylic acids is 1. The molecule has 0 radical (unpaired) electrons. The van der Waals surface area contributed by atoms with Crippen LogP contribution >= 0.6 is 15.9 Å². The van der Waals surface area contributed by atoms with Crippen LogP contribution in [0, 0.1) is 11.6 Å². The monoisotopic (exact) mass is 289 g/mol. The summed E-state index contributed by atoms with van der Waals surface area (Å²) in [6.07, 6.45) is 2.15. The van der Waals surface area contributed by atoms with Crippen LogP contribution in [0.15, 0.2) is 29.3 Å². The van der Waals surface area contributed by atoms with Crippen molar-refractivity contribution in [1.82, 2.24) is 5.32 Å². The van der Waals surface area contributed by atoms with E-state index < -0.39 is 23.1 Å². The average molecular weight is 290 g/mol. The maximum Gasteiger partial charge on any atom is 0.257 e. The lowest BCUT2D eigenvalue weighted by Crippen LogP contribution is -2.26. The smallest absolute Gasteiger partial charge is 0.257 e. The zero-order valence-electron chi connectivity index (χ0n) is 8.40. The van der Waals surface area contributed by atoms with Crippen LogP contribution in [0.5, 0.6) is 0 Å². The molecule has 0 aromatic heterocycles. The minimum atomic E-state index is -0.886. The molecular formula is C11H10BrF2NO. The molecule has 1 rings (SSSR count). The molecule has 1 amide bonds. The second-order valence-electron chi connectivity index (χ2n) is 3.08. The molecule has 86 valence electrons. The van der Waals surface area contributed by atoms with Gasteiger partial charge in [-0.2, -0.15) is 0 Å². The van der Waals surface area contributed by atoms with Crippen LogP contribution in [0.3, 0.4) is 0 Å². The van der Waals surface area contributed by atoms with Gasteiger partial charge in [0.25, 0.3) is 5.91 Å². The molecule has 1 aromatic rings. The average Bonchev–Trinajstić information content (AvgIpc) is 2.16. The highest BCUT2D eigenvalue weighted by atomic mass is 79.9. The predicted molar refractivity (Wildman–Crippen MR) is 61.2 cm³/mol. The second kappa shape index (κ2) is 5.75. The van der Waals surface area contributed by atoms with E-state index in [0.29, 0.717) is 13.0 Å². The van der Waals surface area contributed by atoms with Crippen molar-refractivity contribution < 1.29 is 13.6 Å². The summed E-state index contributed by atoms with van der Waals surface area (Å²) in [4.78, 5) is 11.4. The van der Waals surface area contributed by atoms with E-state index in [0.717, 1.165) is 12.1 Å². The van der Waals surface area contributed by atoms with Crippen molar-refractivity contribution in [3.8, 4) is 0 Å². The largest absolute Gasteiger partial charge is 0.352 e. The molecule has 0 bridgehead atoms. The minimum Gasteiger partial charge on any atom is -0.352 e. The minimum absolute atomic E-state index is 0.255. The second-order valence-corrected chi connectivity index (χ2v) is 3.99. The number of benzene rings is 1. The van der Waals surface area contributed by atoms with Gasteiger partial charge in [0.05, 0.1) is 0 Å². The highest BCUT2D eigenvalue weighted by Gasteiger charge is 2.17. The van der Waals surface area contributed by atoms with Crippen LogP contribution in [0.25, 0.3) is 0 Å². The van der Waals surface area contributed by atoms with Crippen molar-refractivity contribution in [2.45, 2.75) is 6.42 Å². The summed E-state index contributed by atoms with van der Waals surface area (Å²) in [5, 5.41) is 2.40. The molecule has 0 aliphatic rings. The van der Waals surface area contributed by atoms with Crippen molar-refractivity contribution in [1.29, 1.82) is 0 Å². The standard InChI is InChI=1S/C11H10BrF2NO/c1-2-3-4-15-11(16)10-8(13)5-7(12)6-9(10)14/h2,5-6H,1,3-4H2,(H,15,16). The lowest BCUT2D eigenvalue weighted by atomic mass is 10.2. The van der Waals surface area contributed by atoms with Crippen LogP contribution < -0.4 is 5.32 Å². The van der Waals surface area contributed by atoms with Crippen LogP contribution in [0.1, 0.15) is 16.8 Å². The molecule has 0 aliphatic carbocycles. The number of halogens is 3. The fraction of sp³-hybridized carbons (Fsp3) is 0.182. The number of nitrogens with one attached hydrogen (secondary N) is 1. The number of hydrogen-bond acceptors (Lipinski definition) is 1. The van der Waals surface area contributed by atoms with Gasteiger partial charge in [0.1, 0.15) is 17.2 Å². The first kappa shape index (κ1) is 12.8. The molecule has 0 heterocycles. The first-order valence-electron chi connectivity index (χ1n) is 4.60. The van der Waals surface area contributed by atoms with Gasteiger partial charge >= 0.3 is 0 Å².